The van der Waals surface area contributed by atoms with Gasteiger partial charge in [-0.25, -0.2) is 0 Å². The number of aliphatic hydroxyl groups is 1. The first-order chi connectivity index (χ1) is 5.68. The molecule has 2 nitrogen and oxygen atoms in total. The van der Waals surface area contributed by atoms with E-state index in [2.05, 4.69) is 20.8 Å². The Kier molecular flexibility index (Phi) is 4.05. The standard InChI is InChI=1S/C11H23NO.ClH/c1-9(2)5-10(3,8-12)7-11(4,13)6-9;/h13H,5-8,12H2,1-4H3;1H. The molecule has 14 heavy (non-hydrogen) atoms. The highest BCUT2D eigenvalue weighted by Crippen LogP contribution is 2.49. The summed E-state index contributed by atoms with van der Waals surface area (Å²) in [5.41, 5.74) is 5.57. The molecule has 2 atom stereocenters. The van der Waals surface area contributed by atoms with Gasteiger partial charge in [0.05, 0.1) is 5.60 Å². The highest BCUT2D eigenvalue weighted by Gasteiger charge is 2.45. The van der Waals surface area contributed by atoms with Crippen molar-refractivity contribution in [2.75, 3.05) is 6.54 Å². The largest absolute Gasteiger partial charge is 0.390 e. The lowest BCUT2D eigenvalue weighted by Gasteiger charge is -2.49. The maximum Gasteiger partial charge on any atom is 0.0630 e. The Morgan fingerprint density at radius 1 is 1.07 bits per heavy atom. The van der Waals surface area contributed by atoms with E-state index in [4.69, 9.17) is 5.73 Å². The second-order valence-corrected chi connectivity index (χ2v) is 6.21. The van der Waals surface area contributed by atoms with E-state index in [1.807, 2.05) is 6.92 Å². The molecule has 2 unspecified atom stereocenters. The van der Waals surface area contributed by atoms with Gasteiger partial charge in [0.25, 0.3) is 0 Å². The van der Waals surface area contributed by atoms with Crippen molar-refractivity contribution in [1.29, 1.82) is 0 Å². The molecule has 1 saturated carbocycles. The molecule has 0 aromatic carbocycles. The second-order valence-electron chi connectivity index (χ2n) is 6.21. The summed E-state index contributed by atoms with van der Waals surface area (Å²) in [7, 11) is 0. The molecule has 0 amide bonds. The van der Waals surface area contributed by atoms with Crippen molar-refractivity contribution in [1.82, 2.24) is 0 Å². The molecule has 1 aliphatic rings. The molecule has 3 N–H and O–H groups in total. The lowest BCUT2D eigenvalue weighted by Crippen LogP contribution is -2.48. The van der Waals surface area contributed by atoms with E-state index in [1.54, 1.807) is 0 Å². The predicted octanol–water partition coefficient (Wildman–Crippen LogP) is 2.33. The van der Waals surface area contributed by atoms with Crippen LogP contribution in [-0.4, -0.2) is 17.3 Å². The van der Waals surface area contributed by atoms with E-state index in [1.165, 1.54) is 0 Å². The van der Waals surface area contributed by atoms with E-state index in [0.717, 1.165) is 19.3 Å². The summed E-state index contributed by atoms with van der Waals surface area (Å²) in [6, 6.07) is 0. The summed E-state index contributed by atoms with van der Waals surface area (Å²) in [4.78, 5) is 0. The fraction of sp³-hybridized carbons (Fsp3) is 1.00. The van der Waals surface area contributed by atoms with Crippen LogP contribution in [0.15, 0.2) is 0 Å². The first-order valence-electron chi connectivity index (χ1n) is 5.11. The van der Waals surface area contributed by atoms with Gasteiger partial charge >= 0.3 is 0 Å². The Bertz CT molecular complexity index is 185. The van der Waals surface area contributed by atoms with Crippen molar-refractivity contribution in [2.45, 2.75) is 52.6 Å². The van der Waals surface area contributed by atoms with Crippen LogP contribution in [0.4, 0.5) is 0 Å². The zero-order valence-electron chi connectivity index (χ0n) is 9.76. The normalized spacial score (nSPS) is 41.6. The van der Waals surface area contributed by atoms with Crippen LogP contribution in [0.25, 0.3) is 0 Å². The molecule has 1 rings (SSSR count). The Hall–Kier alpha value is 0.210. The van der Waals surface area contributed by atoms with Crippen LogP contribution in [0, 0.1) is 10.8 Å². The van der Waals surface area contributed by atoms with Gasteiger partial charge in [0.2, 0.25) is 0 Å². The lowest BCUT2D eigenvalue weighted by molar-refractivity contribution is -0.0758. The van der Waals surface area contributed by atoms with Gasteiger partial charge in [0.15, 0.2) is 0 Å². The molecule has 3 heteroatoms. The third kappa shape index (κ3) is 3.41. The van der Waals surface area contributed by atoms with E-state index in [-0.39, 0.29) is 23.2 Å². The summed E-state index contributed by atoms with van der Waals surface area (Å²) in [6.07, 6.45) is 2.84. The predicted molar refractivity (Wildman–Crippen MR) is 62.7 cm³/mol. The van der Waals surface area contributed by atoms with Crippen molar-refractivity contribution in [3.8, 4) is 0 Å². The zero-order valence-corrected chi connectivity index (χ0v) is 10.6. The summed E-state index contributed by atoms with van der Waals surface area (Å²) in [6.45, 7) is 9.22. The zero-order chi connectivity index (χ0) is 10.3. The first kappa shape index (κ1) is 14.2. The smallest absolute Gasteiger partial charge is 0.0630 e. The van der Waals surface area contributed by atoms with Crippen LogP contribution in [0.3, 0.4) is 0 Å². The van der Waals surface area contributed by atoms with E-state index < -0.39 is 5.60 Å². The van der Waals surface area contributed by atoms with E-state index in [9.17, 15) is 5.11 Å². The Morgan fingerprint density at radius 3 is 1.93 bits per heavy atom. The SMILES string of the molecule is CC1(C)CC(C)(O)CC(C)(CN)C1.Cl. The molecule has 0 radical (unpaired) electrons. The van der Waals surface area contributed by atoms with Crippen LogP contribution in [0.5, 0.6) is 0 Å². The molecule has 0 heterocycles. The van der Waals surface area contributed by atoms with Gasteiger partial charge < -0.3 is 10.8 Å². The fourth-order valence-electron chi connectivity index (χ4n) is 3.44. The number of halogens is 1. The van der Waals surface area contributed by atoms with Crippen LogP contribution in [-0.2, 0) is 0 Å². The van der Waals surface area contributed by atoms with Gasteiger partial charge in [-0.05, 0) is 43.6 Å². The Balaban J connectivity index is 0.00000169. The summed E-state index contributed by atoms with van der Waals surface area (Å²) in [5, 5.41) is 10.1. The van der Waals surface area contributed by atoms with Gasteiger partial charge in [0.1, 0.15) is 0 Å². The minimum atomic E-state index is -0.532. The van der Waals surface area contributed by atoms with Gasteiger partial charge in [-0.15, -0.1) is 12.4 Å². The van der Waals surface area contributed by atoms with Gasteiger partial charge in [-0.2, -0.15) is 0 Å². The van der Waals surface area contributed by atoms with Crippen LogP contribution in [0.1, 0.15) is 47.0 Å². The number of hydrogen-bond acceptors (Lipinski definition) is 2. The Morgan fingerprint density at radius 2 is 1.57 bits per heavy atom. The maximum absolute atomic E-state index is 10.1. The van der Waals surface area contributed by atoms with Crippen molar-refractivity contribution < 1.29 is 5.11 Å². The Labute approximate surface area is 93.7 Å². The molecule has 86 valence electrons. The van der Waals surface area contributed by atoms with Crippen molar-refractivity contribution in [3.05, 3.63) is 0 Å². The topological polar surface area (TPSA) is 46.2 Å². The molecule has 0 bridgehead atoms. The molecule has 1 aliphatic carbocycles. The molecule has 0 aromatic heterocycles. The minimum Gasteiger partial charge on any atom is -0.390 e. The highest BCUT2D eigenvalue weighted by molar-refractivity contribution is 5.85. The molecule has 0 aliphatic heterocycles. The number of nitrogens with two attached hydrogens (primary N) is 1. The van der Waals surface area contributed by atoms with Crippen molar-refractivity contribution in [3.63, 3.8) is 0 Å². The monoisotopic (exact) mass is 221 g/mol. The first-order valence-corrected chi connectivity index (χ1v) is 5.11. The van der Waals surface area contributed by atoms with Crippen LogP contribution in [0.2, 0.25) is 0 Å². The van der Waals surface area contributed by atoms with Crippen molar-refractivity contribution in [2.24, 2.45) is 16.6 Å². The molecule has 1 fully saturated rings. The van der Waals surface area contributed by atoms with E-state index >= 15 is 0 Å². The summed E-state index contributed by atoms with van der Waals surface area (Å²) >= 11 is 0. The van der Waals surface area contributed by atoms with Gasteiger partial charge in [-0.3, -0.25) is 0 Å². The number of hydrogen-bond donors (Lipinski definition) is 2. The van der Waals surface area contributed by atoms with Gasteiger partial charge in [-0.1, -0.05) is 20.8 Å². The molecule has 0 spiro atoms. The van der Waals surface area contributed by atoms with Gasteiger partial charge in [0, 0.05) is 0 Å². The van der Waals surface area contributed by atoms with Crippen LogP contribution < -0.4 is 5.73 Å². The van der Waals surface area contributed by atoms with Crippen LogP contribution >= 0.6 is 12.4 Å². The molecular formula is C11H24ClNO. The summed E-state index contributed by atoms with van der Waals surface area (Å²) in [5.74, 6) is 0. The average molecular weight is 222 g/mol. The number of rotatable bonds is 1. The van der Waals surface area contributed by atoms with Crippen molar-refractivity contribution >= 4 is 12.4 Å². The maximum atomic E-state index is 10.1. The third-order valence-corrected chi connectivity index (χ3v) is 3.07. The molecule has 0 saturated heterocycles. The minimum absolute atomic E-state index is 0. The third-order valence-electron chi connectivity index (χ3n) is 3.07. The molecule has 0 aromatic rings. The van der Waals surface area contributed by atoms with E-state index in [0.29, 0.717) is 6.54 Å². The lowest BCUT2D eigenvalue weighted by atomic mass is 9.59. The molecular weight excluding hydrogens is 198 g/mol. The summed E-state index contributed by atoms with van der Waals surface area (Å²) < 4.78 is 0. The highest BCUT2D eigenvalue weighted by atomic mass is 35.5. The fourth-order valence-corrected chi connectivity index (χ4v) is 3.44. The second kappa shape index (κ2) is 3.99. The quantitative estimate of drug-likeness (QED) is 0.714. The average Bonchev–Trinajstić information content (AvgIpc) is 1.79.